The normalized spacial score (nSPS) is 29.1. The number of anilines is 1. The largest absolute Gasteiger partial charge is 0.389 e. The molecule has 2 atom stereocenters. The Hall–Kier alpha value is -1.20. The molecular formula is C16H22FN3S. The molecule has 2 saturated heterocycles. The highest BCUT2D eigenvalue weighted by atomic mass is 32.1. The first-order valence-electron chi connectivity index (χ1n) is 7.63. The lowest BCUT2D eigenvalue weighted by molar-refractivity contribution is 0.0608. The van der Waals surface area contributed by atoms with Crippen molar-refractivity contribution in [1.29, 1.82) is 0 Å². The number of hydrogen-bond donors (Lipinski definition) is 2. The second kappa shape index (κ2) is 5.89. The van der Waals surface area contributed by atoms with E-state index in [1.807, 2.05) is 6.07 Å². The molecule has 2 bridgehead atoms. The molecule has 2 aliphatic rings. The van der Waals surface area contributed by atoms with Gasteiger partial charge < -0.3 is 16.0 Å². The first kappa shape index (κ1) is 14.7. The SMILES string of the molecule is CN1C2CCCC1CC(Nc1cccc(F)c1C(N)=S)C2. The van der Waals surface area contributed by atoms with Gasteiger partial charge in [0.05, 0.1) is 5.56 Å². The van der Waals surface area contributed by atoms with E-state index in [0.717, 1.165) is 18.5 Å². The van der Waals surface area contributed by atoms with E-state index >= 15 is 0 Å². The van der Waals surface area contributed by atoms with Crippen molar-refractivity contribution >= 4 is 22.9 Å². The molecule has 5 heteroatoms. The van der Waals surface area contributed by atoms with Crippen molar-refractivity contribution in [3.05, 3.63) is 29.6 Å². The van der Waals surface area contributed by atoms with E-state index < -0.39 is 0 Å². The fourth-order valence-corrected chi connectivity index (χ4v) is 4.06. The molecule has 0 aromatic heterocycles. The summed E-state index contributed by atoms with van der Waals surface area (Å²) in [6, 6.07) is 6.62. The number of nitrogens with two attached hydrogens (primary N) is 1. The monoisotopic (exact) mass is 307 g/mol. The van der Waals surface area contributed by atoms with Gasteiger partial charge in [-0.3, -0.25) is 0 Å². The number of rotatable bonds is 3. The van der Waals surface area contributed by atoms with Crippen molar-refractivity contribution in [2.75, 3.05) is 12.4 Å². The number of benzene rings is 1. The lowest BCUT2D eigenvalue weighted by Crippen LogP contribution is -2.52. The van der Waals surface area contributed by atoms with Crippen molar-refractivity contribution in [1.82, 2.24) is 4.90 Å². The Morgan fingerprint density at radius 3 is 2.62 bits per heavy atom. The van der Waals surface area contributed by atoms with E-state index in [-0.39, 0.29) is 10.8 Å². The predicted molar refractivity (Wildman–Crippen MR) is 88.1 cm³/mol. The zero-order valence-electron chi connectivity index (χ0n) is 12.3. The van der Waals surface area contributed by atoms with Gasteiger partial charge in [-0.05, 0) is 44.9 Å². The molecule has 0 amide bonds. The fraction of sp³-hybridized carbons (Fsp3) is 0.562. The zero-order chi connectivity index (χ0) is 15.0. The topological polar surface area (TPSA) is 41.3 Å². The van der Waals surface area contributed by atoms with E-state index in [0.29, 0.717) is 23.7 Å². The van der Waals surface area contributed by atoms with Crippen LogP contribution in [0.1, 0.15) is 37.7 Å². The van der Waals surface area contributed by atoms with Crippen LogP contribution in [-0.4, -0.2) is 35.1 Å². The minimum Gasteiger partial charge on any atom is -0.389 e. The average molecular weight is 307 g/mol. The van der Waals surface area contributed by atoms with Gasteiger partial charge in [-0.2, -0.15) is 0 Å². The molecule has 2 fully saturated rings. The Labute approximate surface area is 130 Å². The van der Waals surface area contributed by atoms with Crippen LogP contribution in [0.25, 0.3) is 0 Å². The van der Waals surface area contributed by atoms with Crippen LogP contribution in [0.5, 0.6) is 0 Å². The van der Waals surface area contributed by atoms with Gasteiger partial charge in [-0.25, -0.2) is 4.39 Å². The van der Waals surface area contributed by atoms with Crippen molar-refractivity contribution in [3.8, 4) is 0 Å². The minimum atomic E-state index is -0.347. The molecule has 2 unspecified atom stereocenters. The molecule has 1 aromatic rings. The van der Waals surface area contributed by atoms with Crippen LogP contribution in [0.3, 0.4) is 0 Å². The molecule has 2 heterocycles. The molecule has 0 saturated carbocycles. The fourth-order valence-electron chi connectivity index (χ4n) is 3.85. The molecule has 114 valence electrons. The van der Waals surface area contributed by atoms with E-state index in [9.17, 15) is 4.39 Å². The maximum atomic E-state index is 13.9. The molecule has 0 radical (unpaired) electrons. The standard InChI is InChI=1S/C16H22FN3S/c1-20-11-4-2-5-12(20)9-10(8-11)19-14-7-3-6-13(17)15(14)16(18)21/h3,6-7,10-12,19H,2,4-5,8-9H2,1H3,(H2,18,21). The molecule has 1 aromatic carbocycles. The number of piperidine rings is 2. The van der Waals surface area contributed by atoms with Gasteiger partial charge in [-0.1, -0.05) is 24.7 Å². The van der Waals surface area contributed by atoms with Crippen molar-refractivity contribution in [3.63, 3.8) is 0 Å². The van der Waals surface area contributed by atoms with E-state index in [1.54, 1.807) is 6.07 Å². The Kier molecular flexibility index (Phi) is 4.13. The van der Waals surface area contributed by atoms with Gasteiger partial charge >= 0.3 is 0 Å². The highest BCUT2D eigenvalue weighted by Gasteiger charge is 2.36. The van der Waals surface area contributed by atoms with E-state index in [1.165, 1.54) is 25.3 Å². The summed E-state index contributed by atoms with van der Waals surface area (Å²) in [5.41, 5.74) is 6.75. The zero-order valence-corrected chi connectivity index (χ0v) is 13.1. The van der Waals surface area contributed by atoms with Crippen LogP contribution >= 0.6 is 12.2 Å². The number of nitrogens with zero attached hydrogens (tertiary/aromatic N) is 1. The molecule has 0 aliphatic carbocycles. The van der Waals surface area contributed by atoms with Crippen LogP contribution in [-0.2, 0) is 0 Å². The van der Waals surface area contributed by atoms with Crippen LogP contribution in [0.15, 0.2) is 18.2 Å². The Bertz CT molecular complexity index is 534. The highest BCUT2D eigenvalue weighted by molar-refractivity contribution is 7.80. The summed E-state index contributed by atoms with van der Waals surface area (Å²) in [6.07, 6.45) is 6.04. The maximum absolute atomic E-state index is 13.9. The van der Waals surface area contributed by atoms with E-state index in [2.05, 4.69) is 17.3 Å². The minimum absolute atomic E-state index is 0.115. The third-order valence-corrected chi connectivity index (χ3v) is 5.16. The van der Waals surface area contributed by atoms with Crippen molar-refractivity contribution in [2.45, 2.75) is 50.2 Å². The number of hydrogen-bond acceptors (Lipinski definition) is 3. The lowest BCUT2D eigenvalue weighted by Gasteiger charge is -2.47. The molecule has 21 heavy (non-hydrogen) atoms. The molecule has 2 aliphatic heterocycles. The Morgan fingerprint density at radius 2 is 2.00 bits per heavy atom. The van der Waals surface area contributed by atoms with Gasteiger partial charge in [0.15, 0.2) is 0 Å². The van der Waals surface area contributed by atoms with Gasteiger partial charge in [0, 0.05) is 23.8 Å². The van der Waals surface area contributed by atoms with Gasteiger partial charge in [0.25, 0.3) is 0 Å². The predicted octanol–water partition coefficient (Wildman–Crippen LogP) is 2.89. The molecule has 3 rings (SSSR count). The van der Waals surface area contributed by atoms with Gasteiger partial charge in [-0.15, -0.1) is 0 Å². The summed E-state index contributed by atoms with van der Waals surface area (Å²) in [5, 5.41) is 3.49. The third kappa shape index (κ3) is 2.90. The van der Waals surface area contributed by atoms with Crippen LogP contribution < -0.4 is 11.1 Å². The van der Waals surface area contributed by atoms with Gasteiger partial charge in [0.2, 0.25) is 0 Å². The Balaban J connectivity index is 1.79. The van der Waals surface area contributed by atoms with Crippen LogP contribution in [0.4, 0.5) is 10.1 Å². The summed E-state index contributed by atoms with van der Waals surface area (Å²) in [5.74, 6) is -0.347. The lowest BCUT2D eigenvalue weighted by atomic mass is 9.82. The van der Waals surface area contributed by atoms with Gasteiger partial charge in [0.1, 0.15) is 10.8 Å². The number of nitrogens with one attached hydrogen (secondary N) is 1. The Morgan fingerprint density at radius 1 is 1.33 bits per heavy atom. The average Bonchev–Trinajstić information content (AvgIpc) is 2.39. The highest BCUT2D eigenvalue weighted by Crippen LogP contribution is 2.34. The maximum Gasteiger partial charge on any atom is 0.135 e. The first-order chi connectivity index (χ1) is 10.1. The molecule has 3 nitrogen and oxygen atoms in total. The summed E-state index contributed by atoms with van der Waals surface area (Å²) >= 11 is 4.99. The van der Waals surface area contributed by atoms with Crippen LogP contribution in [0, 0.1) is 5.82 Å². The number of fused-ring (bicyclic) bond motifs is 2. The van der Waals surface area contributed by atoms with E-state index in [4.69, 9.17) is 18.0 Å². The second-order valence-electron chi connectivity index (χ2n) is 6.24. The number of halogens is 1. The summed E-state index contributed by atoms with van der Waals surface area (Å²) in [7, 11) is 2.23. The molecule has 3 N–H and O–H groups in total. The smallest absolute Gasteiger partial charge is 0.135 e. The van der Waals surface area contributed by atoms with Crippen molar-refractivity contribution < 1.29 is 4.39 Å². The van der Waals surface area contributed by atoms with Crippen molar-refractivity contribution in [2.24, 2.45) is 5.73 Å². The summed E-state index contributed by atoms with van der Waals surface area (Å²) in [4.78, 5) is 2.63. The summed E-state index contributed by atoms with van der Waals surface area (Å²) in [6.45, 7) is 0. The number of thiocarbonyl (C=S) groups is 1. The quantitative estimate of drug-likeness (QED) is 0.843. The third-order valence-electron chi connectivity index (χ3n) is 4.96. The molecule has 0 spiro atoms. The second-order valence-corrected chi connectivity index (χ2v) is 6.68. The summed E-state index contributed by atoms with van der Waals surface area (Å²) < 4.78 is 13.9. The molecular weight excluding hydrogens is 285 g/mol. The first-order valence-corrected chi connectivity index (χ1v) is 8.04. The van der Waals surface area contributed by atoms with Crippen LogP contribution in [0.2, 0.25) is 0 Å².